The summed E-state index contributed by atoms with van der Waals surface area (Å²) in [7, 11) is 1.54. The zero-order chi connectivity index (χ0) is 20.3. The average molecular weight is 437 g/mol. The van der Waals surface area contributed by atoms with Crippen LogP contribution in [0.2, 0.25) is 10.0 Å². The van der Waals surface area contributed by atoms with Crippen LogP contribution in [0.4, 0.5) is 5.69 Å². The second-order valence-corrected chi connectivity index (χ2v) is 7.68. The molecule has 1 N–H and O–H groups in total. The fourth-order valence-corrected chi connectivity index (χ4v) is 3.84. The summed E-state index contributed by atoms with van der Waals surface area (Å²) in [5.74, 6) is 0.761. The quantitative estimate of drug-likeness (QED) is 0.619. The summed E-state index contributed by atoms with van der Waals surface area (Å²) < 4.78 is 10.9. The van der Waals surface area contributed by atoms with E-state index >= 15 is 0 Å². The number of carbonyl (C=O) groups excluding carboxylic acids is 1. The number of rotatable bonds is 5. The highest BCUT2D eigenvalue weighted by molar-refractivity contribution is 8.18. The molecule has 1 saturated heterocycles. The molecular weight excluding hydrogens is 419 g/mol. The molecule has 1 amide bonds. The van der Waals surface area contributed by atoms with Gasteiger partial charge in [-0.15, -0.1) is 0 Å². The van der Waals surface area contributed by atoms with E-state index < -0.39 is 0 Å². The van der Waals surface area contributed by atoms with Crippen LogP contribution in [-0.2, 0) is 4.79 Å². The Balaban J connectivity index is 1.90. The molecule has 1 heterocycles. The van der Waals surface area contributed by atoms with Gasteiger partial charge in [0.05, 0.1) is 29.3 Å². The van der Waals surface area contributed by atoms with Gasteiger partial charge in [0.15, 0.2) is 16.7 Å². The zero-order valence-electron chi connectivity index (χ0n) is 15.5. The van der Waals surface area contributed by atoms with Crippen LogP contribution < -0.4 is 14.8 Å². The molecule has 3 rings (SSSR count). The van der Waals surface area contributed by atoms with Gasteiger partial charge in [-0.05, 0) is 67.1 Å². The third kappa shape index (κ3) is 4.46. The molecule has 1 aliphatic rings. The van der Waals surface area contributed by atoms with E-state index in [-0.39, 0.29) is 5.91 Å². The molecule has 0 radical (unpaired) electrons. The van der Waals surface area contributed by atoms with Gasteiger partial charge in [0, 0.05) is 5.02 Å². The van der Waals surface area contributed by atoms with Crippen molar-refractivity contribution in [2.24, 2.45) is 4.99 Å². The van der Waals surface area contributed by atoms with Crippen molar-refractivity contribution in [1.82, 2.24) is 5.32 Å². The number of benzene rings is 2. The van der Waals surface area contributed by atoms with Gasteiger partial charge in [-0.25, -0.2) is 4.99 Å². The van der Waals surface area contributed by atoms with Crippen molar-refractivity contribution in [1.29, 1.82) is 0 Å². The van der Waals surface area contributed by atoms with Crippen molar-refractivity contribution < 1.29 is 14.3 Å². The Morgan fingerprint density at radius 3 is 2.75 bits per heavy atom. The SMILES string of the molecule is CCOc1c(Cl)cc(/C=C2/SC(=Nc3cccc(Cl)c3C)NC2=O)cc1OC. The minimum Gasteiger partial charge on any atom is -0.493 e. The normalized spacial score (nSPS) is 16.5. The number of methoxy groups -OCH3 is 1. The Kier molecular flexibility index (Phi) is 6.54. The third-order valence-corrected chi connectivity index (χ3v) is 5.55. The predicted molar refractivity (Wildman–Crippen MR) is 116 cm³/mol. The lowest BCUT2D eigenvalue weighted by molar-refractivity contribution is -0.115. The number of nitrogens with one attached hydrogen (secondary N) is 1. The van der Waals surface area contributed by atoms with Crippen LogP contribution in [0.3, 0.4) is 0 Å². The lowest BCUT2D eigenvalue weighted by Gasteiger charge is -2.12. The Morgan fingerprint density at radius 2 is 2.04 bits per heavy atom. The highest BCUT2D eigenvalue weighted by atomic mass is 35.5. The summed E-state index contributed by atoms with van der Waals surface area (Å²) in [4.78, 5) is 17.3. The second kappa shape index (κ2) is 8.90. The standard InChI is InChI=1S/C20H18Cl2N2O3S/c1-4-27-18-14(22)8-12(9-16(18)26-3)10-17-19(25)24-20(28-17)23-15-7-5-6-13(21)11(15)2/h5-10H,4H2,1-3H3,(H,23,24,25)/b17-10+. The molecule has 1 aliphatic heterocycles. The molecule has 0 saturated carbocycles. The minimum absolute atomic E-state index is 0.229. The molecular formula is C20H18Cl2N2O3S. The van der Waals surface area contributed by atoms with E-state index in [1.807, 2.05) is 26.0 Å². The summed E-state index contributed by atoms with van der Waals surface area (Å²) in [6.45, 7) is 4.22. The van der Waals surface area contributed by atoms with E-state index in [4.69, 9.17) is 32.7 Å². The largest absolute Gasteiger partial charge is 0.493 e. The smallest absolute Gasteiger partial charge is 0.264 e. The van der Waals surface area contributed by atoms with Crippen molar-refractivity contribution in [2.75, 3.05) is 13.7 Å². The molecule has 28 heavy (non-hydrogen) atoms. The highest BCUT2D eigenvalue weighted by Gasteiger charge is 2.24. The zero-order valence-corrected chi connectivity index (χ0v) is 17.8. The monoisotopic (exact) mass is 436 g/mol. The number of amidine groups is 1. The Bertz CT molecular complexity index is 990. The molecule has 0 aromatic heterocycles. The molecule has 8 heteroatoms. The van der Waals surface area contributed by atoms with Crippen LogP contribution in [-0.4, -0.2) is 24.8 Å². The van der Waals surface area contributed by atoms with Gasteiger partial charge in [-0.3, -0.25) is 4.79 Å². The Morgan fingerprint density at radius 1 is 1.25 bits per heavy atom. The first-order chi connectivity index (χ1) is 13.4. The summed E-state index contributed by atoms with van der Waals surface area (Å²) >= 11 is 13.7. The van der Waals surface area contributed by atoms with Crippen molar-refractivity contribution >= 4 is 57.8 Å². The number of carbonyl (C=O) groups is 1. The van der Waals surface area contributed by atoms with Crippen LogP contribution in [0, 0.1) is 6.92 Å². The number of aliphatic imine (C=N–C) groups is 1. The van der Waals surface area contributed by atoms with Crippen molar-refractivity contribution in [3.05, 3.63) is 56.4 Å². The van der Waals surface area contributed by atoms with Gasteiger partial charge in [0.2, 0.25) is 0 Å². The molecule has 0 spiro atoms. The number of thioether (sulfide) groups is 1. The van der Waals surface area contributed by atoms with Crippen molar-refractivity contribution in [3.8, 4) is 11.5 Å². The lowest BCUT2D eigenvalue weighted by Crippen LogP contribution is -2.19. The summed E-state index contributed by atoms with van der Waals surface area (Å²) in [6, 6.07) is 8.97. The van der Waals surface area contributed by atoms with Gasteiger partial charge < -0.3 is 14.8 Å². The van der Waals surface area contributed by atoms with Crippen LogP contribution in [0.15, 0.2) is 40.2 Å². The minimum atomic E-state index is -0.229. The van der Waals surface area contributed by atoms with Crippen molar-refractivity contribution in [2.45, 2.75) is 13.8 Å². The van der Waals surface area contributed by atoms with Crippen LogP contribution in [0.25, 0.3) is 6.08 Å². The molecule has 2 aromatic carbocycles. The number of nitrogens with zero attached hydrogens (tertiary/aromatic N) is 1. The van der Waals surface area contributed by atoms with E-state index in [0.717, 1.165) is 11.1 Å². The molecule has 5 nitrogen and oxygen atoms in total. The number of halogens is 2. The Labute approximate surface area is 177 Å². The average Bonchev–Trinajstić information content (AvgIpc) is 3.00. The first-order valence-corrected chi connectivity index (χ1v) is 10.0. The van der Waals surface area contributed by atoms with Crippen LogP contribution in [0.5, 0.6) is 11.5 Å². The topological polar surface area (TPSA) is 59.9 Å². The van der Waals surface area contributed by atoms with Gasteiger partial charge in [-0.2, -0.15) is 0 Å². The molecule has 0 unspecified atom stereocenters. The number of ether oxygens (including phenoxy) is 2. The number of hydrogen-bond acceptors (Lipinski definition) is 5. The van der Waals surface area contributed by atoms with E-state index in [2.05, 4.69) is 10.3 Å². The lowest BCUT2D eigenvalue weighted by atomic mass is 10.2. The summed E-state index contributed by atoms with van der Waals surface area (Å²) in [5, 5.41) is 4.30. The van der Waals surface area contributed by atoms with Crippen LogP contribution in [0.1, 0.15) is 18.1 Å². The van der Waals surface area contributed by atoms with E-state index in [1.54, 1.807) is 31.4 Å². The number of amides is 1. The molecule has 0 bridgehead atoms. The predicted octanol–water partition coefficient (Wildman–Crippen LogP) is 5.60. The molecule has 0 aliphatic carbocycles. The molecule has 146 valence electrons. The van der Waals surface area contributed by atoms with Gasteiger partial charge in [0.25, 0.3) is 5.91 Å². The first-order valence-electron chi connectivity index (χ1n) is 8.48. The van der Waals surface area contributed by atoms with E-state index in [9.17, 15) is 4.79 Å². The number of hydrogen-bond donors (Lipinski definition) is 1. The molecule has 0 atom stereocenters. The second-order valence-electron chi connectivity index (χ2n) is 5.83. The molecule has 1 fully saturated rings. The maximum absolute atomic E-state index is 12.3. The Hall–Kier alpha value is -2.15. The molecule has 2 aromatic rings. The van der Waals surface area contributed by atoms with Gasteiger partial charge in [0.1, 0.15) is 0 Å². The maximum atomic E-state index is 12.3. The maximum Gasteiger partial charge on any atom is 0.264 e. The fourth-order valence-electron chi connectivity index (χ4n) is 2.57. The van der Waals surface area contributed by atoms with E-state index in [1.165, 1.54) is 11.8 Å². The van der Waals surface area contributed by atoms with E-state index in [0.29, 0.717) is 43.9 Å². The highest BCUT2D eigenvalue weighted by Crippen LogP contribution is 2.38. The third-order valence-electron chi connectivity index (χ3n) is 3.95. The summed E-state index contributed by atoms with van der Waals surface area (Å²) in [5.41, 5.74) is 2.29. The van der Waals surface area contributed by atoms with Gasteiger partial charge >= 0.3 is 0 Å². The van der Waals surface area contributed by atoms with Crippen LogP contribution >= 0.6 is 35.0 Å². The first kappa shape index (κ1) is 20.6. The van der Waals surface area contributed by atoms with Gasteiger partial charge in [-0.1, -0.05) is 29.3 Å². The summed E-state index contributed by atoms with van der Waals surface area (Å²) in [6.07, 6.45) is 1.73. The van der Waals surface area contributed by atoms with Crippen molar-refractivity contribution in [3.63, 3.8) is 0 Å². The fraction of sp³-hybridized carbons (Fsp3) is 0.200.